The molecule has 3 rings (SSSR count). The predicted molar refractivity (Wildman–Crippen MR) is 109 cm³/mol. The van der Waals surface area contributed by atoms with E-state index in [0.29, 0.717) is 27.8 Å². The number of carbonyl (C=O) groups excluding carboxylic acids is 1. The van der Waals surface area contributed by atoms with Gasteiger partial charge in [-0.1, -0.05) is 29.8 Å². The highest BCUT2D eigenvalue weighted by Crippen LogP contribution is 2.29. The van der Waals surface area contributed by atoms with E-state index in [9.17, 15) is 9.59 Å². The molecule has 0 aliphatic carbocycles. The molecule has 1 amide bonds. The number of anilines is 1. The number of halogens is 1. The van der Waals surface area contributed by atoms with Gasteiger partial charge in [0.2, 0.25) is 0 Å². The molecule has 1 N–H and O–H groups in total. The van der Waals surface area contributed by atoms with Crippen molar-refractivity contribution in [1.29, 1.82) is 0 Å². The van der Waals surface area contributed by atoms with Crippen molar-refractivity contribution in [3.05, 3.63) is 87.3 Å². The second-order valence-electron chi connectivity index (χ2n) is 6.00. The van der Waals surface area contributed by atoms with Crippen LogP contribution in [0, 0.1) is 0 Å². The van der Waals surface area contributed by atoms with Gasteiger partial charge in [-0.15, -0.1) is 0 Å². The standard InChI is InChI=1S/C21H19ClN2O4/c1-27-16-8-9-18(19(11-16)28-2)23-21(26)15-7-10-20(25)24(13-15)12-14-5-3-4-6-17(14)22/h3-11,13H,12H2,1-2H3,(H,23,26). The van der Waals surface area contributed by atoms with Crippen LogP contribution in [0.15, 0.2) is 65.6 Å². The van der Waals surface area contributed by atoms with E-state index in [-0.39, 0.29) is 18.0 Å². The predicted octanol–water partition coefficient (Wildman–Crippen LogP) is 3.82. The molecule has 0 spiro atoms. The van der Waals surface area contributed by atoms with E-state index < -0.39 is 0 Å². The van der Waals surface area contributed by atoms with Crippen LogP contribution in [0.1, 0.15) is 15.9 Å². The smallest absolute Gasteiger partial charge is 0.257 e. The molecule has 0 aliphatic heterocycles. The fourth-order valence-electron chi connectivity index (χ4n) is 2.70. The van der Waals surface area contributed by atoms with E-state index in [1.807, 2.05) is 18.2 Å². The first-order valence-corrected chi connectivity index (χ1v) is 8.87. The Balaban J connectivity index is 1.85. The average molecular weight is 399 g/mol. The summed E-state index contributed by atoms with van der Waals surface area (Å²) in [6.45, 7) is 0.269. The van der Waals surface area contributed by atoms with E-state index in [4.69, 9.17) is 21.1 Å². The third kappa shape index (κ3) is 4.35. The van der Waals surface area contributed by atoms with E-state index in [1.54, 1.807) is 31.4 Å². The zero-order valence-electron chi connectivity index (χ0n) is 15.4. The minimum absolute atomic E-state index is 0.224. The molecule has 6 nitrogen and oxygen atoms in total. The van der Waals surface area contributed by atoms with Crippen molar-refractivity contribution < 1.29 is 14.3 Å². The maximum atomic E-state index is 12.7. The molecule has 1 aromatic heterocycles. The molecule has 3 aromatic rings. The molecule has 0 bridgehead atoms. The molecule has 1 heterocycles. The summed E-state index contributed by atoms with van der Waals surface area (Å²) in [4.78, 5) is 24.9. The van der Waals surface area contributed by atoms with Gasteiger partial charge in [-0.3, -0.25) is 9.59 Å². The number of carbonyl (C=O) groups is 1. The summed E-state index contributed by atoms with van der Waals surface area (Å²) < 4.78 is 11.9. The van der Waals surface area contributed by atoms with E-state index in [1.165, 1.54) is 30.0 Å². The Morgan fingerprint density at radius 1 is 1.07 bits per heavy atom. The quantitative estimate of drug-likeness (QED) is 0.685. The number of ether oxygens (including phenoxy) is 2. The number of amides is 1. The Morgan fingerprint density at radius 3 is 2.57 bits per heavy atom. The van der Waals surface area contributed by atoms with Gasteiger partial charge in [-0.25, -0.2) is 0 Å². The fourth-order valence-corrected chi connectivity index (χ4v) is 2.89. The molecule has 0 radical (unpaired) electrons. The van der Waals surface area contributed by atoms with Crippen LogP contribution in [-0.4, -0.2) is 24.7 Å². The Labute approximate surface area is 167 Å². The third-order valence-corrected chi connectivity index (χ3v) is 4.57. The number of hydrogen-bond donors (Lipinski definition) is 1. The number of methoxy groups -OCH3 is 2. The summed E-state index contributed by atoms with van der Waals surface area (Å²) in [5, 5.41) is 3.35. The van der Waals surface area contributed by atoms with Crippen molar-refractivity contribution in [3.63, 3.8) is 0 Å². The number of pyridine rings is 1. The van der Waals surface area contributed by atoms with Crippen molar-refractivity contribution in [3.8, 4) is 11.5 Å². The normalized spacial score (nSPS) is 10.4. The lowest BCUT2D eigenvalue weighted by atomic mass is 10.2. The Kier molecular flexibility index (Phi) is 6.01. The summed E-state index contributed by atoms with van der Waals surface area (Å²) in [6, 6.07) is 15.2. The Bertz CT molecular complexity index is 1060. The Hall–Kier alpha value is -3.25. The summed E-state index contributed by atoms with van der Waals surface area (Å²) >= 11 is 6.18. The first-order chi connectivity index (χ1) is 13.5. The van der Waals surface area contributed by atoms with Crippen LogP contribution in [0.4, 0.5) is 5.69 Å². The van der Waals surface area contributed by atoms with Crippen LogP contribution in [0.5, 0.6) is 11.5 Å². The lowest BCUT2D eigenvalue weighted by Gasteiger charge is -2.13. The lowest BCUT2D eigenvalue weighted by Crippen LogP contribution is -2.22. The fraction of sp³-hybridized carbons (Fsp3) is 0.143. The number of nitrogens with one attached hydrogen (secondary N) is 1. The molecular formula is C21H19ClN2O4. The molecule has 7 heteroatoms. The molecule has 0 saturated heterocycles. The summed E-state index contributed by atoms with van der Waals surface area (Å²) in [5.74, 6) is 0.719. The van der Waals surface area contributed by atoms with Crippen molar-refractivity contribution in [2.24, 2.45) is 0 Å². The number of benzene rings is 2. The van der Waals surface area contributed by atoms with Crippen LogP contribution in [0.2, 0.25) is 5.02 Å². The van der Waals surface area contributed by atoms with E-state index in [2.05, 4.69) is 5.32 Å². The van der Waals surface area contributed by atoms with Gasteiger partial charge in [0.05, 0.1) is 32.0 Å². The van der Waals surface area contributed by atoms with Crippen LogP contribution < -0.4 is 20.3 Å². The summed E-state index contributed by atoms with van der Waals surface area (Å²) in [6.07, 6.45) is 1.51. The summed E-state index contributed by atoms with van der Waals surface area (Å²) in [5.41, 5.74) is 1.40. The second kappa shape index (κ2) is 8.63. The number of rotatable bonds is 6. The number of aromatic nitrogens is 1. The van der Waals surface area contributed by atoms with E-state index >= 15 is 0 Å². The van der Waals surface area contributed by atoms with Gasteiger partial charge >= 0.3 is 0 Å². The van der Waals surface area contributed by atoms with Crippen molar-refractivity contribution >= 4 is 23.2 Å². The molecule has 0 saturated carbocycles. The van der Waals surface area contributed by atoms with Gasteiger partial charge in [-0.2, -0.15) is 0 Å². The van der Waals surface area contributed by atoms with Gasteiger partial charge in [-0.05, 0) is 29.8 Å². The minimum Gasteiger partial charge on any atom is -0.497 e. The van der Waals surface area contributed by atoms with Crippen LogP contribution in [-0.2, 0) is 6.54 Å². The van der Waals surface area contributed by atoms with Crippen LogP contribution in [0.3, 0.4) is 0 Å². The van der Waals surface area contributed by atoms with Crippen LogP contribution >= 0.6 is 11.6 Å². The zero-order chi connectivity index (χ0) is 20.1. The highest BCUT2D eigenvalue weighted by molar-refractivity contribution is 6.31. The average Bonchev–Trinajstić information content (AvgIpc) is 2.71. The summed E-state index contributed by atoms with van der Waals surface area (Å²) in [7, 11) is 3.06. The first-order valence-electron chi connectivity index (χ1n) is 8.49. The highest BCUT2D eigenvalue weighted by atomic mass is 35.5. The van der Waals surface area contributed by atoms with Crippen molar-refractivity contribution in [2.75, 3.05) is 19.5 Å². The molecule has 144 valence electrons. The second-order valence-corrected chi connectivity index (χ2v) is 6.40. The van der Waals surface area contributed by atoms with Crippen LogP contribution in [0.25, 0.3) is 0 Å². The van der Waals surface area contributed by atoms with Gasteiger partial charge in [0, 0.05) is 23.4 Å². The SMILES string of the molecule is COc1ccc(NC(=O)c2ccc(=O)n(Cc3ccccc3Cl)c2)c(OC)c1. The maximum absolute atomic E-state index is 12.7. The Morgan fingerprint density at radius 2 is 1.86 bits per heavy atom. The molecule has 2 aromatic carbocycles. The zero-order valence-corrected chi connectivity index (χ0v) is 16.2. The molecule has 0 fully saturated rings. The lowest BCUT2D eigenvalue weighted by molar-refractivity contribution is 0.102. The molecule has 0 aliphatic rings. The number of hydrogen-bond acceptors (Lipinski definition) is 4. The molecule has 0 unspecified atom stereocenters. The first kappa shape index (κ1) is 19.5. The monoisotopic (exact) mass is 398 g/mol. The largest absolute Gasteiger partial charge is 0.497 e. The molecule has 0 atom stereocenters. The minimum atomic E-state index is -0.364. The van der Waals surface area contributed by atoms with Gasteiger partial charge < -0.3 is 19.4 Å². The van der Waals surface area contributed by atoms with Gasteiger partial charge in [0.15, 0.2) is 0 Å². The molecular weight excluding hydrogens is 380 g/mol. The third-order valence-electron chi connectivity index (χ3n) is 4.20. The maximum Gasteiger partial charge on any atom is 0.257 e. The highest BCUT2D eigenvalue weighted by Gasteiger charge is 2.12. The van der Waals surface area contributed by atoms with Gasteiger partial charge in [0.1, 0.15) is 11.5 Å². The van der Waals surface area contributed by atoms with Crippen molar-refractivity contribution in [1.82, 2.24) is 4.57 Å². The van der Waals surface area contributed by atoms with Gasteiger partial charge in [0.25, 0.3) is 11.5 Å². The van der Waals surface area contributed by atoms with Crippen molar-refractivity contribution in [2.45, 2.75) is 6.54 Å². The topological polar surface area (TPSA) is 69.6 Å². The van der Waals surface area contributed by atoms with E-state index in [0.717, 1.165) is 5.56 Å². The molecule has 28 heavy (non-hydrogen) atoms. The number of nitrogens with zero attached hydrogens (tertiary/aromatic N) is 1.